The van der Waals surface area contributed by atoms with E-state index in [9.17, 15) is 28.1 Å². The summed E-state index contributed by atoms with van der Waals surface area (Å²) in [6, 6.07) is 2.28. The Labute approximate surface area is 118 Å². The summed E-state index contributed by atoms with van der Waals surface area (Å²) in [6.07, 6.45) is -0.747. The van der Waals surface area contributed by atoms with Crippen LogP contribution >= 0.6 is 0 Å². The Morgan fingerprint density at radius 3 is 2.52 bits per heavy atom. The molecular formula is C10H11N3O7S. The van der Waals surface area contributed by atoms with E-state index >= 15 is 0 Å². The molecule has 1 atom stereocenters. The van der Waals surface area contributed by atoms with Crippen LogP contribution in [0.5, 0.6) is 0 Å². The second-order valence-electron chi connectivity index (χ2n) is 3.94. The van der Waals surface area contributed by atoms with Crippen molar-refractivity contribution in [1.29, 1.82) is 0 Å². The van der Waals surface area contributed by atoms with Crippen LogP contribution in [0.25, 0.3) is 0 Å². The number of hydrogen-bond acceptors (Lipinski definition) is 6. The highest BCUT2D eigenvalue weighted by Crippen LogP contribution is 2.17. The van der Waals surface area contributed by atoms with Gasteiger partial charge in [0.1, 0.15) is 6.04 Å². The van der Waals surface area contributed by atoms with Gasteiger partial charge in [0.25, 0.3) is 5.69 Å². The quantitative estimate of drug-likeness (QED) is 0.436. The smallest absolute Gasteiger partial charge is 0.322 e. The van der Waals surface area contributed by atoms with Crippen LogP contribution in [0.1, 0.15) is 6.42 Å². The molecule has 11 heteroatoms. The number of aliphatic carboxylic acids is 1. The van der Waals surface area contributed by atoms with Gasteiger partial charge < -0.3 is 10.8 Å². The molecule has 1 amide bonds. The van der Waals surface area contributed by atoms with Gasteiger partial charge in [0.05, 0.1) is 16.2 Å². The summed E-state index contributed by atoms with van der Waals surface area (Å²) in [7, 11) is -4.35. The molecule has 0 aliphatic rings. The number of benzene rings is 1. The third-order valence-corrected chi connectivity index (χ3v) is 3.81. The van der Waals surface area contributed by atoms with E-state index in [1.807, 2.05) is 0 Å². The number of nitrogens with two attached hydrogens (primary N) is 1. The number of carboxylic acids is 1. The average Bonchev–Trinajstić information content (AvgIpc) is 2.37. The summed E-state index contributed by atoms with van der Waals surface area (Å²) in [6.45, 7) is 0. The second kappa shape index (κ2) is 6.28. The number of primary amides is 1. The highest BCUT2D eigenvalue weighted by atomic mass is 32.2. The second-order valence-corrected chi connectivity index (χ2v) is 5.65. The predicted molar refractivity (Wildman–Crippen MR) is 68.7 cm³/mol. The monoisotopic (exact) mass is 317 g/mol. The molecule has 114 valence electrons. The molecule has 1 rings (SSSR count). The Morgan fingerprint density at radius 1 is 1.43 bits per heavy atom. The predicted octanol–water partition coefficient (Wildman–Crippen LogP) is -0.798. The number of sulfonamides is 1. The number of nitrogens with one attached hydrogen (secondary N) is 1. The molecule has 21 heavy (non-hydrogen) atoms. The third-order valence-electron chi connectivity index (χ3n) is 2.34. The molecule has 0 aromatic heterocycles. The Morgan fingerprint density at radius 2 is 2.05 bits per heavy atom. The minimum absolute atomic E-state index is 0.473. The number of nitrogens with zero attached hydrogens (tertiary/aromatic N) is 1. The first kappa shape index (κ1) is 16.5. The molecule has 0 saturated heterocycles. The van der Waals surface area contributed by atoms with Crippen molar-refractivity contribution in [2.45, 2.75) is 17.4 Å². The van der Waals surface area contributed by atoms with E-state index < -0.39 is 49.9 Å². The van der Waals surface area contributed by atoms with Crippen LogP contribution in [0.15, 0.2) is 29.2 Å². The Bertz CT molecular complexity index is 686. The fraction of sp³-hybridized carbons (Fsp3) is 0.200. The Balaban J connectivity index is 3.10. The van der Waals surface area contributed by atoms with Crippen molar-refractivity contribution < 1.29 is 28.0 Å². The molecule has 1 aromatic carbocycles. The number of carboxylic acid groups (broad SMARTS) is 1. The maximum absolute atomic E-state index is 12.0. The van der Waals surface area contributed by atoms with Gasteiger partial charge in [-0.15, -0.1) is 0 Å². The SMILES string of the molecule is NC(=O)C[C@H](NS(=O)(=O)c1cccc([N+](=O)[O-])c1)C(=O)O. The van der Waals surface area contributed by atoms with E-state index in [1.165, 1.54) is 0 Å². The van der Waals surface area contributed by atoms with Gasteiger partial charge in [-0.1, -0.05) is 6.07 Å². The van der Waals surface area contributed by atoms with Gasteiger partial charge in [0.2, 0.25) is 15.9 Å². The van der Waals surface area contributed by atoms with Crippen molar-refractivity contribution in [2.24, 2.45) is 5.73 Å². The van der Waals surface area contributed by atoms with Gasteiger partial charge in [0.15, 0.2) is 0 Å². The number of rotatable bonds is 7. The van der Waals surface area contributed by atoms with Crippen LogP contribution in [0, 0.1) is 10.1 Å². The Hall–Kier alpha value is -2.53. The topological polar surface area (TPSA) is 170 Å². The number of amides is 1. The van der Waals surface area contributed by atoms with E-state index in [0.29, 0.717) is 0 Å². The van der Waals surface area contributed by atoms with Gasteiger partial charge in [0, 0.05) is 12.1 Å². The molecule has 0 aliphatic carbocycles. The molecule has 0 bridgehead atoms. The summed E-state index contributed by atoms with van der Waals surface area (Å²) in [5.41, 5.74) is 4.35. The van der Waals surface area contributed by atoms with Gasteiger partial charge in [-0.25, -0.2) is 8.42 Å². The van der Waals surface area contributed by atoms with Crippen LogP contribution < -0.4 is 10.5 Å². The minimum atomic E-state index is -4.35. The van der Waals surface area contributed by atoms with Crippen molar-refractivity contribution in [3.05, 3.63) is 34.4 Å². The van der Waals surface area contributed by atoms with Gasteiger partial charge in [-0.2, -0.15) is 4.72 Å². The number of nitro benzene ring substituents is 1. The first-order valence-corrected chi connectivity index (χ1v) is 6.89. The molecule has 0 spiro atoms. The molecule has 0 radical (unpaired) electrons. The number of non-ortho nitro benzene ring substituents is 1. The molecular weight excluding hydrogens is 306 g/mol. The molecule has 0 aliphatic heterocycles. The minimum Gasteiger partial charge on any atom is -0.480 e. The summed E-state index contributed by atoms with van der Waals surface area (Å²) in [5.74, 6) is -2.60. The van der Waals surface area contributed by atoms with Crippen LogP contribution in [0.2, 0.25) is 0 Å². The van der Waals surface area contributed by atoms with E-state index in [0.717, 1.165) is 24.3 Å². The summed E-state index contributed by atoms with van der Waals surface area (Å²) < 4.78 is 25.7. The Kier molecular flexibility index (Phi) is 4.94. The maximum atomic E-state index is 12.0. The van der Waals surface area contributed by atoms with Crippen LogP contribution in [0.4, 0.5) is 5.69 Å². The molecule has 0 unspecified atom stereocenters. The lowest BCUT2D eigenvalue weighted by Crippen LogP contribution is -2.43. The molecule has 0 saturated carbocycles. The molecule has 4 N–H and O–H groups in total. The lowest BCUT2D eigenvalue weighted by Gasteiger charge is -2.13. The number of carbonyl (C=O) groups is 2. The van der Waals surface area contributed by atoms with Crippen LogP contribution in [-0.2, 0) is 19.6 Å². The fourth-order valence-electron chi connectivity index (χ4n) is 1.40. The van der Waals surface area contributed by atoms with Crippen LogP contribution in [-0.4, -0.2) is 36.4 Å². The molecule has 0 fully saturated rings. The number of carbonyl (C=O) groups excluding carboxylic acids is 1. The van der Waals surface area contributed by atoms with Crippen molar-refractivity contribution in [3.63, 3.8) is 0 Å². The largest absolute Gasteiger partial charge is 0.480 e. The van der Waals surface area contributed by atoms with E-state index in [-0.39, 0.29) is 0 Å². The van der Waals surface area contributed by atoms with Crippen molar-refractivity contribution >= 4 is 27.6 Å². The standard InChI is InChI=1S/C10H11N3O7S/c11-9(14)5-8(10(15)16)12-21(19,20)7-3-1-2-6(4-7)13(17)18/h1-4,8,12H,5H2,(H2,11,14)(H,15,16)/t8-/m0/s1. The third kappa shape index (κ3) is 4.50. The zero-order valence-corrected chi connectivity index (χ0v) is 11.2. The lowest BCUT2D eigenvalue weighted by atomic mass is 10.2. The highest BCUT2D eigenvalue weighted by Gasteiger charge is 2.27. The maximum Gasteiger partial charge on any atom is 0.322 e. The summed E-state index contributed by atoms with van der Waals surface area (Å²) >= 11 is 0. The van der Waals surface area contributed by atoms with Crippen molar-refractivity contribution in [1.82, 2.24) is 4.72 Å². The van der Waals surface area contributed by atoms with E-state index in [1.54, 1.807) is 4.72 Å². The summed E-state index contributed by atoms with van der Waals surface area (Å²) in [4.78, 5) is 30.9. The van der Waals surface area contributed by atoms with Gasteiger partial charge in [-0.3, -0.25) is 19.7 Å². The lowest BCUT2D eigenvalue weighted by molar-refractivity contribution is -0.385. The van der Waals surface area contributed by atoms with E-state index in [4.69, 9.17) is 10.8 Å². The summed E-state index contributed by atoms with van der Waals surface area (Å²) in [5, 5.41) is 19.4. The molecule has 10 nitrogen and oxygen atoms in total. The van der Waals surface area contributed by atoms with Crippen molar-refractivity contribution in [2.75, 3.05) is 0 Å². The van der Waals surface area contributed by atoms with Crippen LogP contribution in [0.3, 0.4) is 0 Å². The molecule has 0 heterocycles. The van der Waals surface area contributed by atoms with Gasteiger partial charge >= 0.3 is 5.97 Å². The van der Waals surface area contributed by atoms with E-state index in [2.05, 4.69) is 0 Å². The first-order chi connectivity index (χ1) is 9.63. The fourth-order valence-corrected chi connectivity index (χ4v) is 2.63. The highest BCUT2D eigenvalue weighted by molar-refractivity contribution is 7.89. The zero-order chi connectivity index (χ0) is 16.2. The number of hydrogen-bond donors (Lipinski definition) is 3. The zero-order valence-electron chi connectivity index (χ0n) is 10.4. The van der Waals surface area contributed by atoms with Crippen molar-refractivity contribution in [3.8, 4) is 0 Å². The normalized spacial score (nSPS) is 12.6. The van der Waals surface area contributed by atoms with Gasteiger partial charge in [-0.05, 0) is 6.07 Å². The average molecular weight is 317 g/mol. The first-order valence-electron chi connectivity index (χ1n) is 5.41. The molecule has 1 aromatic rings. The number of nitro groups is 1.